The quantitative estimate of drug-likeness (QED) is 0.908. The first-order valence-electron chi connectivity index (χ1n) is 6.52. The van der Waals surface area contributed by atoms with E-state index in [1.807, 2.05) is 20.2 Å². The van der Waals surface area contributed by atoms with Crippen LogP contribution in [-0.2, 0) is 13.5 Å². The molecule has 1 unspecified atom stereocenters. The van der Waals surface area contributed by atoms with Gasteiger partial charge in [0, 0.05) is 24.9 Å². The van der Waals surface area contributed by atoms with Gasteiger partial charge in [0.25, 0.3) is 0 Å². The SMILES string of the molecule is CCc1nn(C)cc1C(O)c1cc(OC)cc(OC)c1. The van der Waals surface area contributed by atoms with Crippen molar-refractivity contribution in [2.75, 3.05) is 14.2 Å². The maximum absolute atomic E-state index is 10.6. The standard InChI is InChI=1S/C15H20N2O3/c1-5-14-13(9-17(2)16-14)15(18)10-6-11(19-3)8-12(7-10)20-4/h6-9,15,18H,5H2,1-4H3. The Morgan fingerprint density at radius 1 is 1.20 bits per heavy atom. The maximum Gasteiger partial charge on any atom is 0.122 e. The molecule has 5 nitrogen and oxygen atoms in total. The van der Waals surface area contributed by atoms with Crippen LogP contribution in [-0.4, -0.2) is 29.1 Å². The molecule has 0 spiro atoms. The van der Waals surface area contributed by atoms with Gasteiger partial charge in [-0.3, -0.25) is 4.68 Å². The summed E-state index contributed by atoms with van der Waals surface area (Å²) in [7, 11) is 5.03. The predicted octanol–water partition coefficient (Wildman–Crippen LogP) is 2.08. The van der Waals surface area contributed by atoms with Crippen LogP contribution in [0.25, 0.3) is 0 Å². The molecule has 0 amide bonds. The number of aryl methyl sites for hydroxylation is 2. The second-order valence-corrected chi connectivity index (χ2v) is 4.61. The lowest BCUT2D eigenvalue weighted by Gasteiger charge is -2.14. The van der Waals surface area contributed by atoms with Crippen molar-refractivity contribution in [2.45, 2.75) is 19.4 Å². The summed E-state index contributed by atoms with van der Waals surface area (Å²) in [6.07, 6.45) is 1.87. The molecule has 1 N–H and O–H groups in total. The molecule has 0 aliphatic rings. The number of aromatic nitrogens is 2. The number of benzene rings is 1. The highest BCUT2D eigenvalue weighted by atomic mass is 16.5. The van der Waals surface area contributed by atoms with Gasteiger partial charge in [0.2, 0.25) is 0 Å². The van der Waals surface area contributed by atoms with Crippen LogP contribution in [0.1, 0.15) is 29.8 Å². The molecule has 2 aromatic rings. The Morgan fingerprint density at radius 3 is 2.30 bits per heavy atom. The lowest BCUT2D eigenvalue weighted by atomic mass is 10.0. The summed E-state index contributed by atoms with van der Waals surface area (Å²) in [5.74, 6) is 1.31. The van der Waals surface area contributed by atoms with E-state index < -0.39 is 6.10 Å². The maximum atomic E-state index is 10.6. The highest BCUT2D eigenvalue weighted by Gasteiger charge is 2.18. The number of nitrogens with zero attached hydrogens (tertiary/aromatic N) is 2. The van der Waals surface area contributed by atoms with Crippen LogP contribution in [0.15, 0.2) is 24.4 Å². The zero-order valence-corrected chi connectivity index (χ0v) is 12.3. The zero-order valence-electron chi connectivity index (χ0n) is 12.3. The van der Waals surface area contributed by atoms with Crippen molar-refractivity contribution >= 4 is 0 Å². The van der Waals surface area contributed by atoms with Crippen molar-refractivity contribution in [2.24, 2.45) is 7.05 Å². The van der Waals surface area contributed by atoms with Gasteiger partial charge in [-0.15, -0.1) is 0 Å². The summed E-state index contributed by atoms with van der Waals surface area (Å²) in [5, 5.41) is 14.9. The van der Waals surface area contributed by atoms with Crippen molar-refractivity contribution in [3.63, 3.8) is 0 Å². The molecule has 0 radical (unpaired) electrons. The van der Waals surface area contributed by atoms with Gasteiger partial charge in [-0.25, -0.2) is 0 Å². The van der Waals surface area contributed by atoms with Gasteiger partial charge < -0.3 is 14.6 Å². The summed E-state index contributed by atoms with van der Waals surface area (Å²) in [6.45, 7) is 2.02. The second-order valence-electron chi connectivity index (χ2n) is 4.61. The molecule has 1 aromatic carbocycles. The first-order chi connectivity index (χ1) is 9.58. The average Bonchev–Trinajstić information content (AvgIpc) is 2.86. The highest BCUT2D eigenvalue weighted by molar-refractivity contribution is 5.42. The van der Waals surface area contributed by atoms with Gasteiger partial charge in [0.1, 0.15) is 17.6 Å². The van der Waals surface area contributed by atoms with Crippen LogP contribution in [0.5, 0.6) is 11.5 Å². The summed E-state index contributed by atoms with van der Waals surface area (Å²) >= 11 is 0. The third-order valence-electron chi connectivity index (χ3n) is 3.26. The molecule has 1 heterocycles. The van der Waals surface area contributed by atoms with E-state index in [1.165, 1.54) is 0 Å². The Morgan fingerprint density at radius 2 is 1.80 bits per heavy atom. The van der Waals surface area contributed by atoms with Crippen LogP contribution in [0, 0.1) is 0 Å². The Labute approximate surface area is 118 Å². The molecular weight excluding hydrogens is 256 g/mol. The zero-order chi connectivity index (χ0) is 14.7. The van der Waals surface area contributed by atoms with Crippen molar-refractivity contribution in [3.8, 4) is 11.5 Å². The average molecular weight is 276 g/mol. The molecule has 2 rings (SSSR count). The van der Waals surface area contributed by atoms with Gasteiger partial charge in [0.05, 0.1) is 19.9 Å². The van der Waals surface area contributed by atoms with E-state index in [-0.39, 0.29) is 0 Å². The third-order valence-corrected chi connectivity index (χ3v) is 3.26. The minimum atomic E-state index is -0.748. The number of hydrogen-bond donors (Lipinski definition) is 1. The number of ether oxygens (including phenoxy) is 2. The van der Waals surface area contributed by atoms with E-state index in [4.69, 9.17) is 9.47 Å². The normalized spacial score (nSPS) is 12.2. The van der Waals surface area contributed by atoms with E-state index in [1.54, 1.807) is 37.1 Å². The molecule has 1 atom stereocenters. The molecular formula is C15H20N2O3. The van der Waals surface area contributed by atoms with Crippen LogP contribution in [0.4, 0.5) is 0 Å². The first-order valence-corrected chi connectivity index (χ1v) is 6.52. The minimum absolute atomic E-state index is 0.653. The van der Waals surface area contributed by atoms with Crippen molar-refractivity contribution in [1.82, 2.24) is 9.78 Å². The van der Waals surface area contributed by atoms with Gasteiger partial charge in [0.15, 0.2) is 0 Å². The van der Waals surface area contributed by atoms with Crippen LogP contribution < -0.4 is 9.47 Å². The monoisotopic (exact) mass is 276 g/mol. The Bertz CT molecular complexity index is 571. The van der Waals surface area contributed by atoms with Crippen molar-refractivity contribution in [3.05, 3.63) is 41.2 Å². The fraction of sp³-hybridized carbons (Fsp3) is 0.400. The van der Waals surface area contributed by atoms with E-state index in [0.29, 0.717) is 11.5 Å². The van der Waals surface area contributed by atoms with Gasteiger partial charge in [-0.05, 0) is 24.1 Å². The third kappa shape index (κ3) is 2.77. The molecule has 0 bridgehead atoms. The summed E-state index contributed by atoms with van der Waals surface area (Å²) < 4.78 is 12.2. The van der Waals surface area contributed by atoms with Gasteiger partial charge >= 0.3 is 0 Å². The van der Waals surface area contributed by atoms with E-state index in [0.717, 1.165) is 23.2 Å². The summed E-state index contributed by atoms with van der Waals surface area (Å²) in [4.78, 5) is 0. The predicted molar refractivity (Wildman–Crippen MR) is 76.2 cm³/mol. The Kier molecular flexibility index (Phi) is 4.29. The van der Waals surface area contributed by atoms with Crippen molar-refractivity contribution < 1.29 is 14.6 Å². The highest BCUT2D eigenvalue weighted by Crippen LogP contribution is 2.31. The number of methoxy groups -OCH3 is 2. The Balaban J connectivity index is 2.43. The van der Waals surface area contributed by atoms with Crippen molar-refractivity contribution in [1.29, 1.82) is 0 Å². The lowest BCUT2D eigenvalue weighted by Crippen LogP contribution is -2.03. The largest absolute Gasteiger partial charge is 0.497 e. The van der Waals surface area contributed by atoms with E-state index in [9.17, 15) is 5.11 Å². The molecule has 5 heteroatoms. The smallest absolute Gasteiger partial charge is 0.122 e. The van der Waals surface area contributed by atoms with E-state index in [2.05, 4.69) is 5.10 Å². The fourth-order valence-corrected chi connectivity index (χ4v) is 2.22. The molecule has 1 aromatic heterocycles. The summed E-state index contributed by atoms with van der Waals surface area (Å²) in [6, 6.07) is 5.39. The molecule has 0 saturated carbocycles. The van der Waals surface area contributed by atoms with Crippen LogP contribution in [0.2, 0.25) is 0 Å². The van der Waals surface area contributed by atoms with Crippen LogP contribution in [0.3, 0.4) is 0 Å². The molecule has 0 fully saturated rings. The fourth-order valence-electron chi connectivity index (χ4n) is 2.22. The summed E-state index contributed by atoms with van der Waals surface area (Å²) in [5.41, 5.74) is 2.43. The number of rotatable bonds is 5. The minimum Gasteiger partial charge on any atom is -0.497 e. The van der Waals surface area contributed by atoms with Gasteiger partial charge in [-0.2, -0.15) is 5.10 Å². The van der Waals surface area contributed by atoms with E-state index >= 15 is 0 Å². The Hall–Kier alpha value is -2.01. The molecule has 108 valence electrons. The number of hydrogen-bond acceptors (Lipinski definition) is 4. The molecule has 0 aliphatic carbocycles. The van der Waals surface area contributed by atoms with Crippen LogP contribution >= 0.6 is 0 Å². The topological polar surface area (TPSA) is 56.5 Å². The first kappa shape index (κ1) is 14.4. The molecule has 0 aliphatic heterocycles. The van der Waals surface area contributed by atoms with Gasteiger partial charge in [-0.1, -0.05) is 6.92 Å². The number of aliphatic hydroxyl groups is 1. The molecule has 20 heavy (non-hydrogen) atoms. The molecule has 0 saturated heterocycles. The lowest BCUT2D eigenvalue weighted by molar-refractivity contribution is 0.218. The second kappa shape index (κ2) is 5.96. The number of aliphatic hydroxyl groups excluding tert-OH is 1.